The van der Waals surface area contributed by atoms with Crippen molar-refractivity contribution in [2.45, 2.75) is 27.7 Å². The number of ketones is 1. The zero-order valence-electron chi connectivity index (χ0n) is 12.4. The lowest BCUT2D eigenvalue weighted by Gasteiger charge is -2.15. The third-order valence-corrected chi connectivity index (χ3v) is 5.06. The van der Waals surface area contributed by atoms with E-state index >= 15 is 0 Å². The molecule has 0 saturated carbocycles. The average molecular weight is 323 g/mol. The van der Waals surface area contributed by atoms with Crippen LogP contribution in [0.3, 0.4) is 0 Å². The Morgan fingerprint density at radius 3 is 2.62 bits per heavy atom. The summed E-state index contributed by atoms with van der Waals surface area (Å²) in [6.45, 7) is 6.98. The van der Waals surface area contributed by atoms with Crippen molar-refractivity contribution in [2.24, 2.45) is 5.41 Å². The van der Waals surface area contributed by atoms with Gasteiger partial charge in [0.05, 0.1) is 10.6 Å². The molecule has 6 heteroatoms. The highest BCUT2D eigenvalue weighted by atomic mass is 32.1. The molecular weight excluding hydrogens is 306 g/mol. The van der Waals surface area contributed by atoms with Crippen molar-refractivity contribution in [3.63, 3.8) is 0 Å². The number of ether oxygens (including phenoxy) is 1. The SMILES string of the molecule is Cc1nc(-c2cccs2)sc1C(=O)OCC(=O)C(C)(C)C. The number of carbonyl (C=O) groups excluding carboxylic acids is 2. The number of hydrogen-bond donors (Lipinski definition) is 0. The van der Waals surface area contributed by atoms with Crippen LogP contribution in [-0.2, 0) is 9.53 Å². The average Bonchev–Trinajstić information content (AvgIpc) is 3.03. The van der Waals surface area contributed by atoms with Gasteiger partial charge >= 0.3 is 5.97 Å². The Balaban J connectivity index is 2.08. The molecule has 0 spiro atoms. The Kier molecular flexibility index (Phi) is 4.58. The Labute approximate surface area is 131 Å². The molecule has 2 rings (SSSR count). The molecule has 0 bridgehead atoms. The molecule has 2 aromatic rings. The van der Waals surface area contributed by atoms with Gasteiger partial charge in [-0.3, -0.25) is 4.79 Å². The molecule has 0 unspecified atom stereocenters. The number of nitrogens with zero attached hydrogens (tertiary/aromatic N) is 1. The lowest BCUT2D eigenvalue weighted by atomic mass is 9.91. The van der Waals surface area contributed by atoms with Crippen LogP contribution in [0.15, 0.2) is 17.5 Å². The molecule has 0 saturated heterocycles. The van der Waals surface area contributed by atoms with Crippen molar-refractivity contribution in [1.82, 2.24) is 4.98 Å². The molecule has 0 aliphatic rings. The molecule has 2 heterocycles. The van der Waals surface area contributed by atoms with Crippen molar-refractivity contribution in [3.8, 4) is 9.88 Å². The molecule has 2 aromatic heterocycles. The summed E-state index contributed by atoms with van der Waals surface area (Å²) in [6, 6.07) is 3.90. The third-order valence-electron chi connectivity index (χ3n) is 2.88. The van der Waals surface area contributed by atoms with E-state index in [1.54, 1.807) is 39.0 Å². The maximum Gasteiger partial charge on any atom is 0.350 e. The summed E-state index contributed by atoms with van der Waals surface area (Å²) in [4.78, 5) is 29.7. The van der Waals surface area contributed by atoms with E-state index in [1.165, 1.54) is 11.3 Å². The zero-order valence-corrected chi connectivity index (χ0v) is 14.1. The van der Waals surface area contributed by atoms with E-state index in [1.807, 2.05) is 17.5 Å². The number of aryl methyl sites for hydroxylation is 1. The molecule has 0 amide bonds. The second kappa shape index (κ2) is 6.07. The highest BCUT2D eigenvalue weighted by Crippen LogP contribution is 2.31. The highest BCUT2D eigenvalue weighted by Gasteiger charge is 2.24. The minimum Gasteiger partial charge on any atom is -0.453 e. The topological polar surface area (TPSA) is 56.3 Å². The zero-order chi connectivity index (χ0) is 15.6. The molecule has 0 N–H and O–H groups in total. The molecule has 21 heavy (non-hydrogen) atoms. The summed E-state index contributed by atoms with van der Waals surface area (Å²) in [5.74, 6) is -0.582. The highest BCUT2D eigenvalue weighted by molar-refractivity contribution is 7.22. The Hall–Kier alpha value is -1.53. The minimum atomic E-state index is -0.509. The van der Waals surface area contributed by atoms with E-state index < -0.39 is 11.4 Å². The Bertz CT molecular complexity index is 651. The fraction of sp³-hybridized carbons (Fsp3) is 0.400. The summed E-state index contributed by atoms with van der Waals surface area (Å²) in [7, 11) is 0. The van der Waals surface area contributed by atoms with Crippen molar-refractivity contribution < 1.29 is 14.3 Å². The second-order valence-electron chi connectivity index (χ2n) is 5.66. The predicted octanol–water partition coefficient (Wildman–Crippen LogP) is 3.95. The quantitative estimate of drug-likeness (QED) is 0.799. The molecule has 0 radical (unpaired) electrons. The number of rotatable bonds is 4. The van der Waals surface area contributed by atoms with Crippen LogP contribution >= 0.6 is 22.7 Å². The monoisotopic (exact) mass is 323 g/mol. The van der Waals surface area contributed by atoms with Crippen LogP contribution in [0.25, 0.3) is 9.88 Å². The van der Waals surface area contributed by atoms with Crippen LogP contribution < -0.4 is 0 Å². The van der Waals surface area contributed by atoms with E-state index in [0.29, 0.717) is 10.6 Å². The first kappa shape index (κ1) is 15.9. The van der Waals surface area contributed by atoms with Gasteiger partial charge in [-0.2, -0.15) is 0 Å². The van der Waals surface area contributed by atoms with Crippen molar-refractivity contribution in [2.75, 3.05) is 6.61 Å². The summed E-state index contributed by atoms with van der Waals surface area (Å²) in [6.07, 6.45) is 0. The van der Waals surface area contributed by atoms with Gasteiger partial charge in [0.2, 0.25) is 0 Å². The largest absolute Gasteiger partial charge is 0.453 e. The first-order valence-electron chi connectivity index (χ1n) is 6.51. The lowest BCUT2D eigenvalue weighted by Crippen LogP contribution is -2.26. The second-order valence-corrected chi connectivity index (χ2v) is 7.61. The normalized spacial score (nSPS) is 11.4. The first-order valence-corrected chi connectivity index (χ1v) is 8.20. The molecule has 0 aromatic carbocycles. The smallest absolute Gasteiger partial charge is 0.350 e. The van der Waals surface area contributed by atoms with Gasteiger partial charge in [-0.1, -0.05) is 26.8 Å². The number of thiophene rings is 1. The number of esters is 1. The Morgan fingerprint density at radius 1 is 1.33 bits per heavy atom. The van der Waals surface area contributed by atoms with Crippen LogP contribution in [0.1, 0.15) is 36.1 Å². The van der Waals surface area contributed by atoms with Crippen LogP contribution in [0.4, 0.5) is 0 Å². The van der Waals surface area contributed by atoms with Gasteiger partial charge in [0.1, 0.15) is 9.88 Å². The standard InChI is InChI=1S/C15H17NO3S2/c1-9-12(14(18)19-8-11(17)15(2,3)4)21-13(16-9)10-6-5-7-20-10/h5-7H,8H2,1-4H3. The molecule has 0 aliphatic carbocycles. The fourth-order valence-electron chi connectivity index (χ4n) is 1.50. The van der Waals surface area contributed by atoms with E-state index in [0.717, 1.165) is 9.88 Å². The van der Waals surface area contributed by atoms with Gasteiger partial charge in [-0.15, -0.1) is 22.7 Å². The van der Waals surface area contributed by atoms with E-state index in [9.17, 15) is 9.59 Å². The third kappa shape index (κ3) is 3.77. The number of aromatic nitrogens is 1. The van der Waals surface area contributed by atoms with Gasteiger partial charge in [-0.25, -0.2) is 9.78 Å². The van der Waals surface area contributed by atoms with E-state index in [2.05, 4.69) is 4.98 Å². The van der Waals surface area contributed by atoms with Gasteiger partial charge in [-0.05, 0) is 18.4 Å². The molecule has 0 fully saturated rings. The van der Waals surface area contributed by atoms with E-state index in [4.69, 9.17) is 4.74 Å². The van der Waals surface area contributed by atoms with Crippen LogP contribution in [0.5, 0.6) is 0 Å². The fourth-order valence-corrected chi connectivity index (χ4v) is 3.26. The maximum atomic E-state index is 12.1. The summed E-state index contributed by atoms with van der Waals surface area (Å²) in [5, 5.41) is 2.77. The lowest BCUT2D eigenvalue weighted by molar-refractivity contribution is -0.129. The maximum absolute atomic E-state index is 12.1. The van der Waals surface area contributed by atoms with Gasteiger partial charge in [0.25, 0.3) is 0 Å². The van der Waals surface area contributed by atoms with Crippen molar-refractivity contribution in [1.29, 1.82) is 0 Å². The molecule has 112 valence electrons. The molecular formula is C15H17NO3S2. The number of carbonyl (C=O) groups is 2. The number of hydrogen-bond acceptors (Lipinski definition) is 6. The van der Waals surface area contributed by atoms with Gasteiger partial charge in [0, 0.05) is 5.41 Å². The van der Waals surface area contributed by atoms with Gasteiger partial charge in [0.15, 0.2) is 12.4 Å². The Morgan fingerprint density at radius 2 is 2.05 bits per heavy atom. The van der Waals surface area contributed by atoms with Crippen LogP contribution in [-0.4, -0.2) is 23.3 Å². The summed E-state index contributed by atoms with van der Waals surface area (Å²) >= 11 is 2.87. The molecule has 0 aliphatic heterocycles. The van der Waals surface area contributed by atoms with Crippen molar-refractivity contribution in [3.05, 3.63) is 28.1 Å². The number of Topliss-reactive ketones (excluding diaryl/α,β-unsaturated/α-hetero) is 1. The minimum absolute atomic E-state index is 0.100. The van der Waals surface area contributed by atoms with E-state index in [-0.39, 0.29) is 12.4 Å². The molecule has 4 nitrogen and oxygen atoms in total. The predicted molar refractivity (Wildman–Crippen MR) is 84.9 cm³/mol. The number of thiazole rings is 1. The van der Waals surface area contributed by atoms with Crippen LogP contribution in [0, 0.1) is 12.3 Å². The van der Waals surface area contributed by atoms with Gasteiger partial charge < -0.3 is 4.74 Å². The van der Waals surface area contributed by atoms with Crippen molar-refractivity contribution >= 4 is 34.4 Å². The first-order chi connectivity index (χ1) is 9.79. The van der Waals surface area contributed by atoms with Crippen LogP contribution in [0.2, 0.25) is 0 Å². The molecule has 0 atom stereocenters. The summed E-state index contributed by atoms with van der Waals surface area (Å²) in [5.41, 5.74) is 0.127. The summed E-state index contributed by atoms with van der Waals surface area (Å²) < 4.78 is 5.11.